The quantitative estimate of drug-likeness (QED) is 0.102. The third-order valence-electron chi connectivity index (χ3n) is 11.4. The average Bonchev–Trinajstić information content (AvgIpc) is 3.58. The minimum Gasteiger partial charge on any atom is -0.391 e. The lowest BCUT2D eigenvalue weighted by molar-refractivity contribution is -0.343. The molecule has 0 radical (unpaired) electrons. The van der Waals surface area contributed by atoms with Crippen LogP contribution < -0.4 is 0 Å². The van der Waals surface area contributed by atoms with Crippen molar-refractivity contribution in [1.29, 1.82) is 0 Å². The molecule has 7 rings (SSSR count). The highest BCUT2D eigenvalue weighted by molar-refractivity contribution is 6.73. The van der Waals surface area contributed by atoms with Gasteiger partial charge in [0.1, 0.15) is 42.7 Å². The lowest BCUT2D eigenvalue weighted by Crippen LogP contribution is -2.65. The highest BCUT2D eigenvalue weighted by atomic mass is 28.4. The Bertz CT molecular complexity index is 1820. The molecule has 318 valence electrons. The molecule has 3 saturated heterocycles. The van der Waals surface area contributed by atoms with Gasteiger partial charge in [-0.15, -0.1) is 0 Å². The van der Waals surface area contributed by atoms with E-state index in [1.807, 2.05) is 109 Å². The monoisotopic (exact) mass is 826 g/mol. The molecule has 0 aliphatic carbocycles. The SMILES string of the molecule is CO[C@H]1O[C@H](COCc2ccccc2)[C@@H](O[C@@H]2O[C@@H]3CO[Si](C(C)(C)C)(C(C)(C)C)O[C@H]3[C@@H]2OCc2ccccc2)[C@H](OCc2ccccc2)[C@H]1OCc1ccccc1. The molecule has 3 heterocycles. The summed E-state index contributed by atoms with van der Waals surface area (Å²) in [4.78, 5) is 0. The first-order valence-corrected chi connectivity index (χ1v) is 22.7. The number of hydrogen-bond donors (Lipinski definition) is 0. The molecule has 0 aromatic heterocycles. The molecule has 59 heavy (non-hydrogen) atoms. The van der Waals surface area contributed by atoms with Crippen LogP contribution in [0.5, 0.6) is 0 Å². The Morgan fingerprint density at radius 2 is 1.00 bits per heavy atom. The molecular weight excluding hydrogens is 765 g/mol. The zero-order valence-electron chi connectivity index (χ0n) is 35.6. The van der Waals surface area contributed by atoms with Gasteiger partial charge in [0, 0.05) is 17.2 Å². The van der Waals surface area contributed by atoms with Gasteiger partial charge in [0.05, 0.1) is 39.6 Å². The zero-order chi connectivity index (χ0) is 41.5. The molecule has 0 unspecified atom stereocenters. The van der Waals surface area contributed by atoms with E-state index in [4.69, 9.17) is 46.7 Å². The fraction of sp³-hybridized carbons (Fsp3) is 0.500. The lowest BCUT2D eigenvalue weighted by Gasteiger charge is -2.53. The van der Waals surface area contributed by atoms with E-state index in [1.165, 1.54) is 0 Å². The van der Waals surface area contributed by atoms with E-state index in [0.717, 1.165) is 22.3 Å². The van der Waals surface area contributed by atoms with E-state index in [0.29, 0.717) is 33.0 Å². The summed E-state index contributed by atoms with van der Waals surface area (Å²) in [6.07, 6.45) is -5.89. The largest absolute Gasteiger partial charge is 0.391 e. The maximum atomic E-state index is 7.32. The molecule has 0 bridgehead atoms. The minimum atomic E-state index is -2.92. The summed E-state index contributed by atoms with van der Waals surface area (Å²) < 4.78 is 68.0. The Morgan fingerprint density at radius 3 is 1.47 bits per heavy atom. The first-order valence-electron chi connectivity index (χ1n) is 20.8. The highest BCUT2D eigenvalue weighted by Crippen LogP contribution is 2.55. The van der Waals surface area contributed by atoms with Crippen LogP contribution >= 0.6 is 0 Å². The van der Waals surface area contributed by atoms with Crippen LogP contribution in [0.4, 0.5) is 0 Å². The highest BCUT2D eigenvalue weighted by Gasteiger charge is 2.66. The maximum Gasteiger partial charge on any atom is 0.349 e. The van der Waals surface area contributed by atoms with Crippen molar-refractivity contribution in [3.63, 3.8) is 0 Å². The summed E-state index contributed by atoms with van der Waals surface area (Å²) in [5, 5.41) is -0.487. The molecule has 4 aromatic carbocycles. The van der Waals surface area contributed by atoms with Crippen molar-refractivity contribution in [1.82, 2.24) is 0 Å². The van der Waals surface area contributed by atoms with E-state index >= 15 is 0 Å². The molecule has 10 nitrogen and oxygen atoms in total. The van der Waals surface area contributed by atoms with Crippen molar-refractivity contribution in [2.24, 2.45) is 0 Å². The van der Waals surface area contributed by atoms with E-state index < -0.39 is 63.9 Å². The summed E-state index contributed by atoms with van der Waals surface area (Å²) in [6, 6.07) is 40.3. The molecule has 0 saturated carbocycles. The average molecular weight is 827 g/mol. The summed E-state index contributed by atoms with van der Waals surface area (Å²) in [5.74, 6) is 0. The second-order valence-corrected chi connectivity index (χ2v) is 22.5. The third kappa shape index (κ3) is 10.4. The van der Waals surface area contributed by atoms with E-state index in [9.17, 15) is 0 Å². The van der Waals surface area contributed by atoms with Gasteiger partial charge >= 0.3 is 8.56 Å². The standard InChI is InChI=1S/C48H62O10Si/c1-47(2,3)59(48(4,5)6)54-33-39-41(58-59)43(52-30-36-24-16-10-17-25-36)46(56-39)57-40-38(32-50-28-34-20-12-8-13-21-34)55-45(49-7)44(53-31-37-26-18-11-19-27-37)42(40)51-29-35-22-14-9-15-23-35/h8-27,38-46H,28-33H2,1-7H3/t38-,39-,40-,41-,42+,43+,44-,45+,46+/m1/s1. The fourth-order valence-corrected chi connectivity index (χ4v) is 13.6. The fourth-order valence-electron chi connectivity index (χ4n) is 8.64. The van der Waals surface area contributed by atoms with Gasteiger partial charge in [-0.2, -0.15) is 0 Å². The number of rotatable bonds is 16. The van der Waals surface area contributed by atoms with Crippen molar-refractivity contribution in [2.75, 3.05) is 20.3 Å². The van der Waals surface area contributed by atoms with Crippen molar-refractivity contribution in [3.8, 4) is 0 Å². The van der Waals surface area contributed by atoms with Crippen LogP contribution in [0.3, 0.4) is 0 Å². The molecule has 3 fully saturated rings. The van der Waals surface area contributed by atoms with Crippen molar-refractivity contribution in [2.45, 2.75) is 133 Å². The van der Waals surface area contributed by atoms with Gasteiger partial charge in [0.25, 0.3) is 0 Å². The number of ether oxygens (including phenoxy) is 8. The summed E-state index contributed by atoms with van der Waals surface area (Å²) in [5.41, 5.74) is 4.10. The second kappa shape index (κ2) is 19.6. The maximum absolute atomic E-state index is 7.32. The molecule has 11 heteroatoms. The lowest BCUT2D eigenvalue weighted by atomic mass is 9.97. The molecule has 0 amide bonds. The Morgan fingerprint density at radius 1 is 0.542 bits per heavy atom. The van der Waals surface area contributed by atoms with Crippen LogP contribution in [0, 0.1) is 0 Å². The second-order valence-electron chi connectivity index (χ2n) is 17.7. The summed E-state index contributed by atoms with van der Waals surface area (Å²) in [6.45, 7) is 15.2. The van der Waals surface area contributed by atoms with Gasteiger partial charge in [0.15, 0.2) is 12.6 Å². The van der Waals surface area contributed by atoms with Crippen LogP contribution in [0.1, 0.15) is 63.8 Å². The predicted octanol–water partition coefficient (Wildman–Crippen LogP) is 8.90. The number of benzene rings is 4. The van der Waals surface area contributed by atoms with E-state index in [1.54, 1.807) is 7.11 Å². The van der Waals surface area contributed by atoms with Crippen molar-refractivity contribution >= 4 is 8.56 Å². The molecule has 3 aliphatic heterocycles. The van der Waals surface area contributed by atoms with E-state index in [-0.39, 0.29) is 16.7 Å². The first-order chi connectivity index (χ1) is 28.5. The Hall–Kier alpha value is -3.30. The molecule has 4 aromatic rings. The summed E-state index contributed by atoms with van der Waals surface area (Å²) >= 11 is 0. The van der Waals surface area contributed by atoms with Gasteiger partial charge < -0.3 is 46.7 Å². The number of fused-ring (bicyclic) bond motifs is 1. The number of methoxy groups -OCH3 is 1. The van der Waals surface area contributed by atoms with Crippen LogP contribution in [0.25, 0.3) is 0 Å². The first kappa shape index (κ1) is 43.8. The third-order valence-corrected chi connectivity index (χ3v) is 16.5. The van der Waals surface area contributed by atoms with Crippen LogP contribution in [0.15, 0.2) is 121 Å². The molecular formula is C48H62O10Si. The Kier molecular flexibility index (Phi) is 14.5. The molecule has 3 aliphatic rings. The smallest absolute Gasteiger partial charge is 0.349 e. The topological polar surface area (TPSA) is 92.3 Å². The van der Waals surface area contributed by atoms with Gasteiger partial charge in [-0.05, 0) is 22.3 Å². The van der Waals surface area contributed by atoms with Crippen LogP contribution in [-0.4, -0.2) is 84.2 Å². The van der Waals surface area contributed by atoms with Crippen LogP contribution in [-0.2, 0) is 73.2 Å². The minimum absolute atomic E-state index is 0.189. The molecule has 9 atom stereocenters. The van der Waals surface area contributed by atoms with E-state index in [2.05, 4.69) is 53.7 Å². The van der Waals surface area contributed by atoms with Gasteiger partial charge in [0.2, 0.25) is 0 Å². The summed E-state index contributed by atoms with van der Waals surface area (Å²) in [7, 11) is -1.30. The zero-order valence-corrected chi connectivity index (χ0v) is 36.6. The van der Waals surface area contributed by atoms with Crippen molar-refractivity contribution < 1.29 is 46.7 Å². The van der Waals surface area contributed by atoms with Gasteiger partial charge in [-0.3, -0.25) is 0 Å². The Balaban J connectivity index is 1.23. The van der Waals surface area contributed by atoms with Crippen molar-refractivity contribution in [3.05, 3.63) is 144 Å². The molecule has 0 spiro atoms. The van der Waals surface area contributed by atoms with Gasteiger partial charge in [-0.1, -0.05) is 163 Å². The van der Waals surface area contributed by atoms with Gasteiger partial charge in [-0.25, -0.2) is 0 Å². The normalized spacial score (nSPS) is 28.3. The number of hydrogen-bond acceptors (Lipinski definition) is 10. The Labute approximate surface area is 351 Å². The predicted molar refractivity (Wildman–Crippen MR) is 226 cm³/mol. The molecule has 0 N–H and O–H groups in total. The van der Waals surface area contributed by atoms with Crippen LogP contribution in [0.2, 0.25) is 10.1 Å².